The molecule has 13 nitrogen and oxygen atoms in total. The molecule has 0 aromatic heterocycles. The van der Waals surface area contributed by atoms with E-state index in [0.29, 0.717) is 5.75 Å². The lowest BCUT2D eigenvalue weighted by Crippen LogP contribution is -2.68. The Labute approximate surface area is 204 Å². The molecule has 0 bridgehead atoms. The van der Waals surface area contributed by atoms with Crippen molar-refractivity contribution in [3.63, 3.8) is 0 Å². The first-order valence-electron chi connectivity index (χ1n) is 10.7. The fourth-order valence-electron chi connectivity index (χ4n) is 3.50. The highest BCUT2D eigenvalue weighted by molar-refractivity contribution is 6.45. The van der Waals surface area contributed by atoms with Gasteiger partial charge in [-0.2, -0.15) is 0 Å². The Morgan fingerprint density at radius 1 is 1.11 bits per heavy atom. The number of carboxylic acids is 2. The van der Waals surface area contributed by atoms with Crippen molar-refractivity contribution in [3.05, 3.63) is 59.7 Å². The zero-order chi connectivity index (χ0) is 26.4. The van der Waals surface area contributed by atoms with Crippen molar-refractivity contribution in [1.29, 1.82) is 0 Å². The van der Waals surface area contributed by atoms with Crippen LogP contribution < -0.4 is 26.0 Å². The lowest BCUT2D eigenvalue weighted by molar-refractivity contribution is -0.438. The molecule has 3 rings (SSSR count). The molecule has 3 atom stereocenters. The molecule has 2 aromatic carbocycles. The number of phenols is 1. The number of phenolic OH excluding ortho intramolecular Hbond substituents is 1. The van der Waals surface area contributed by atoms with Gasteiger partial charge in [0.05, 0.1) is 31.1 Å². The van der Waals surface area contributed by atoms with Gasteiger partial charge in [-0.1, -0.05) is 17.3 Å². The van der Waals surface area contributed by atoms with Gasteiger partial charge in [-0.15, -0.1) is 0 Å². The first-order valence-corrected chi connectivity index (χ1v) is 10.7. The molecule has 0 saturated carbocycles. The molecule has 0 radical (unpaired) electrons. The molecule has 1 saturated heterocycles. The van der Waals surface area contributed by atoms with E-state index in [2.05, 4.69) is 16.2 Å². The second kappa shape index (κ2) is 11.2. The molecular formula is C23H23N4O9-. The number of likely N-dealkylation sites (tertiary alicyclic amines) is 1. The van der Waals surface area contributed by atoms with Crippen LogP contribution in [0.25, 0.3) is 0 Å². The van der Waals surface area contributed by atoms with Crippen LogP contribution in [0.5, 0.6) is 11.5 Å². The van der Waals surface area contributed by atoms with E-state index in [1.807, 2.05) is 0 Å². The summed E-state index contributed by atoms with van der Waals surface area (Å²) < 4.78 is 5.41. The van der Waals surface area contributed by atoms with Gasteiger partial charge in [-0.25, -0.2) is 0 Å². The number of benzene rings is 2. The monoisotopic (exact) mass is 499 g/mol. The smallest absolute Gasteiger partial charge is 0.274 e. The first-order chi connectivity index (χ1) is 17.1. The van der Waals surface area contributed by atoms with Gasteiger partial charge in [0.25, 0.3) is 5.91 Å². The molecule has 1 aliphatic heterocycles. The van der Waals surface area contributed by atoms with Gasteiger partial charge >= 0.3 is 0 Å². The standard InChI is InChI=1S/C23H24N4O9/c24-16(22(31)32)9-10-36-15-7-3-12(4-8-15)18(26-35)20(29)25-17-11-27(21(17)30)19(23(33)34)13-1-5-14(28)6-2-13/h1-8,16-17,19,28,35H,9-11,24H2,(H,25,29)(H,31,32)(H,33,34)/p-1/b26-18-/t16-,17+,19-/m1/s1. The molecule has 1 aliphatic rings. The van der Waals surface area contributed by atoms with E-state index in [0.717, 1.165) is 4.90 Å². The quantitative estimate of drug-likeness (QED) is 0.104. The summed E-state index contributed by atoms with van der Waals surface area (Å²) in [5.41, 5.74) is 3.45. The van der Waals surface area contributed by atoms with Crippen LogP contribution in [-0.4, -0.2) is 69.9 Å². The topological polar surface area (TPSA) is 219 Å². The Bertz CT molecular complexity index is 1170. The van der Waals surface area contributed by atoms with Crippen molar-refractivity contribution in [3.8, 4) is 11.5 Å². The zero-order valence-corrected chi connectivity index (χ0v) is 18.8. The van der Waals surface area contributed by atoms with E-state index in [1.54, 1.807) is 0 Å². The average molecular weight is 499 g/mol. The Kier molecular flexibility index (Phi) is 8.07. The number of nitrogens with zero attached hydrogens (tertiary/aromatic N) is 2. The third-order valence-electron chi connectivity index (χ3n) is 5.52. The Balaban J connectivity index is 1.59. The number of aromatic hydroxyl groups is 1. The minimum Gasteiger partial charge on any atom is -0.548 e. The largest absolute Gasteiger partial charge is 0.548 e. The molecular weight excluding hydrogens is 476 g/mol. The summed E-state index contributed by atoms with van der Waals surface area (Å²) in [7, 11) is 0. The maximum absolute atomic E-state index is 12.6. The van der Waals surface area contributed by atoms with Crippen molar-refractivity contribution < 1.29 is 50.2 Å². The maximum atomic E-state index is 12.6. The predicted molar refractivity (Wildman–Crippen MR) is 116 cm³/mol. The van der Waals surface area contributed by atoms with E-state index in [1.165, 1.54) is 48.5 Å². The van der Waals surface area contributed by atoms with Crippen LogP contribution in [0.3, 0.4) is 0 Å². The second-order valence-electron chi connectivity index (χ2n) is 7.96. The van der Waals surface area contributed by atoms with Crippen LogP contribution in [0.2, 0.25) is 0 Å². The number of ether oxygens (including phenoxy) is 1. The average Bonchev–Trinajstić information content (AvgIpc) is 2.85. The lowest BCUT2D eigenvalue weighted by atomic mass is 9.97. The number of hydrogen-bond donors (Lipinski definition) is 4. The number of hydrogen-bond acceptors (Lipinski definition) is 10. The van der Waals surface area contributed by atoms with Gasteiger partial charge in [-0.05, 0) is 42.0 Å². The molecule has 0 unspecified atom stereocenters. The summed E-state index contributed by atoms with van der Waals surface area (Å²) in [6, 6.07) is 7.68. The van der Waals surface area contributed by atoms with Crippen LogP contribution in [0.4, 0.5) is 0 Å². The number of amides is 2. The Morgan fingerprint density at radius 3 is 2.28 bits per heavy atom. The normalized spacial score (nSPS) is 17.0. The lowest BCUT2D eigenvalue weighted by Gasteiger charge is -2.44. The first kappa shape index (κ1) is 26.0. The highest BCUT2D eigenvalue weighted by atomic mass is 16.5. The molecule has 0 spiro atoms. The molecule has 1 heterocycles. The summed E-state index contributed by atoms with van der Waals surface area (Å²) in [6.07, 6.45) is 0.133. The number of nitrogens with one attached hydrogen (secondary N) is 1. The minimum atomic E-state index is -1.52. The van der Waals surface area contributed by atoms with Crippen molar-refractivity contribution in [1.82, 2.24) is 10.2 Å². The van der Waals surface area contributed by atoms with Gasteiger partial charge in [-0.3, -0.25) is 9.59 Å². The third-order valence-corrected chi connectivity index (χ3v) is 5.52. The fourth-order valence-corrected chi connectivity index (χ4v) is 3.50. The summed E-state index contributed by atoms with van der Waals surface area (Å²) >= 11 is 0. The molecule has 6 N–H and O–H groups in total. The van der Waals surface area contributed by atoms with Crippen molar-refractivity contribution in [2.24, 2.45) is 5.16 Å². The summed E-state index contributed by atoms with van der Waals surface area (Å²) in [5.74, 6) is -4.06. The van der Waals surface area contributed by atoms with Gasteiger partial charge in [0.2, 0.25) is 5.91 Å². The molecule has 2 aromatic rings. The van der Waals surface area contributed by atoms with E-state index >= 15 is 0 Å². The van der Waals surface area contributed by atoms with E-state index < -0.39 is 47.6 Å². The summed E-state index contributed by atoms with van der Waals surface area (Å²) in [5, 5.41) is 46.4. The van der Waals surface area contributed by atoms with Crippen LogP contribution in [-0.2, 0) is 19.2 Å². The van der Waals surface area contributed by atoms with Crippen molar-refractivity contribution in [2.45, 2.75) is 24.5 Å². The molecule has 190 valence electrons. The minimum absolute atomic E-state index is 0.0697. The number of carboxylic acid groups (broad SMARTS) is 2. The molecule has 1 fully saturated rings. The van der Waals surface area contributed by atoms with E-state index in [-0.39, 0.29) is 36.4 Å². The number of aliphatic carboxylic acids is 2. The van der Waals surface area contributed by atoms with Crippen LogP contribution in [0, 0.1) is 0 Å². The van der Waals surface area contributed by atoms with Gasteiger partial charge in [0.1, 0.15) is 23.6 Å². The summed E-state index contributed by atoms with van der Waals surface area (Å²) in [6.45, 7) is -0.0606. The number of β-lactam (4-membered cyclic amide) rings is 1. The molecule has 2 amide bonds. The highest BCUT2D eigenvalue weighted by Gasteiger charge is 2.43. The highest BCUT2D eigenvalue weighted by Crippen LogP contribution is 2.28. The zero-order valence-electron chi connectivity index (χ0n) is 18.8. The Morgan fingerprint density at radius 2 is 1.75 bits per heavy atom. The number of quaternary nitrogens is 1. The van der Waals surface area contributed by atoms with Gasteiger partial charge in [0, 0.05) is 12.0 Å². The fraction of sp³-hybridized carbons (Fsp3) is 0.261. The number of rotatable bonds is 11. The molecule has 0 aliphatic carbocycles. The van der Waals surface area contributed by atoms with Crippen LogP contribution >= 0.6 is 0 Å². The molecule has 13 heteroatoms. The van der Waals surface area contributed by atoms with Crippen LogP contribution in [0.15, 0.2) is 53.7 Å². The number of carbonyl (C=O) groups excluding carboxylic acids is 4. The van der Waals surface area contributed by atoms with Gasteiger partial charge < -0.3 is 50.8 Å². The summed E-state index contributed by atoms with van der Waals surface area (Å²) in [4.78, 5) is 48.5. The third kappa shape index (κ3) is 5.88. The maximum Gasteiger partial charge on any atom is 0.274 e. The molecule has 36 heavy (non-hydrogen) atoms. The SMILES string of the molecule is [NH3+][C@H](CCOc1ccc(/C(=N/O)C(=O)N[C@H]2CN([C@@H](C(=O)[O-])c3ccc(O)cc3)C2=O)cc1)C(=O)[O-]. The number of oxime groups is 1. The second-order valence-corrected chi connectivity index (χ2v) is 7.96. The van der Waals surface area contributed by atoms with E-state index in [9.17, 15) is 39.7 Å². The van der Waals surface area contributed by atoms with E-state index in [4.69, 9.17) is 4.74 Å². The van der Waals surface area contributed by atoms with Crippen molar-refractivity contribution in [2.75, 3.05) is 13.2 Å². The van der Waals surface area contributed by atoms with Crippen LogP contribution in [0.1, 0.15) is 23.6 Å². The Hall–Kier alpha value is -4.65. The van der Waals surface area contributed by atoms with Crippen molar-refractivity contribution >= 4 is 29.5 Å². The predicted octanol–water partition coefficient (Wildman–Crippen LogP) is -3.48. The van der Waals surface area contributed by atoms with Gasteiger partial charge in [0.15, 0.2) is 5.71 Å². The number of carbonyl (C=O) groups is 4.